The Bertz CT molecular complexity index is 588. The van der Waals surface area contributed by atoms with Crippen LogP contribution in [0.25, 0.3) is 0 Å². The molecule has 0 fully saturated rings. The number of nitrogens with one attached hydrogen (secondary N) is 1. The molecular formula is C14H19N5O. The first-order chi connectivity index (χ1) is 9.69. The van der Waals surface area contributed by atoms with Gasteiger partial charge < -0.3 is 4.74 Å². The van der Waals surface area contributed by atoms with Gasteiger partial charge in [-0.2, -0.15) is 10.2 Å². The molecule has 0 spiro atoms. The molecule has 0 aromatic carbocycles. The third-order valence-corrected chi connectivity index (χ3v) is 3.14. The monoisotopic (exact) mass is 273 g/mol. The van der Waals surface area contributed by atoms with Gasteiger partial charge in [-0.25, -0.2) is 5.43 Å². The summed E-state index contributed by atoms with van der Waals surface area (Å²) in [4.78, 5) is 4.17. The van der Waals surface area contributed by atoms with E-state index in [2.05, 4.69) is 20.6 Å². The Morgan fingerprint density at radius 2 is 2.10 bits per heavy atom. The van der Waals surface area contributed by atoms with Gasteiger partial charge in [-0.3, -0.25) is 10.8 Å². The maximum atomic E-state index is 5.74. The van der Waals surface area contributed by atoms with E-state index < -0.39 is 0 Å². The Kier molecular flexibility index (Phi) is 4.60. The highest BCUT2D eigenvalue weighted by atomic mass is 16.5. The fourth-order valence-corrected chi connectivity index (χ4v) is 2.13. The van der Waals surface area contributed by atoms with Gasteiger partial charge in [-0.15, -0.1) is 0 Å². The number of aromatic nitrogens is 3. The van der Waals surface area contributed by atoms with Crippen LogP contribution in [0.3, 0.4) is 0 Å². The fraction of sp³-hybridized carbons (Fsp3) is 0.357. The lowest BCUT2D eigenvalue weighted by Gasteiger charge is -2.19. The average Bonchev–Trinajstić information content (AvgIpc) is 2.48. The largest absolute Gasteiger partial charge is 0.495 e. The Balaban J connectivity index is 2.48. The Hall–Kier alpha value is -2.05. The molecule has 2 rings (SSSR count). The fourth-order valence-electron chi connectivity index (χ4n) is 2.13. The van der Waals surface area contributed by atoms with E-state index in [4.69, 9.17) is 10.6 Å². The number of nitrogens with zero attached hydrogens (tertiary/aromatic N) is 3. The summed E-state index contributed by atoms with van der Waals surface area (Å²) < 4.78 is 5.21. The molecular weight excluding hydrogens is 254 g/mol. The number of pyridine rings is 1. The van der Waals surface area contributed by atoms with E-state index in [-0.39, 0.29) is 6.04 Å². The SMILES string of the molecule is CCc1nnc(C)cc1C(NN)c1cncc(OC)c1. The van der Waals surface area contributed by atoms with Crippen LogP contribution in [0.5, 0.6) is 5.75 Å². The molecule has 1 unspecified atom stereocenters. The summed E-state index contributed by atoms with van der Waals surface area (Å²) in [5, 5.41) is 8.33. The number of aryl methyl sites for hydroxylation is 2. The van der Waals surface area contributed by atoms with Crippen molar-refractivity contribution in [3.8, 4) is 5.75 Å². The van der Waals surface area contributed by atoms with E-state index in [0.717, 1.165) is 28.9 Å². The van der Waals surface area contributed by atoms with Gasteiger partial charge in [0.1, 0.15) is 5.75 Å². The number of methoxy groups -OCH3 is 1. The van der Waals surface area contributed by atoms with Crippen molar-refractivity contribution in [2.24, 2.45) is 5.84 Å². The Morgan fingerprint density at radius 3 is 2.75 bits per heavy atom. The minimum absolute atomic E-state index is 0.193. The van der Waals surface area contributed by atoms with Crippen molar-refractivity contribution >= 4 is 0 Å². The second kappa shape index (κ2) is 6.40. The van der Waals surface area contributed by atoms with Gasteiger partial charge in [-0.1, -0.05) is 6.92 Å². The third kappa shape index (κ3) is 2.92. The van der Waals surface area contributed by atoms with Crippen LogP contribution < -0.4 is 16.0 Å². The molecule has 1 atom stereocenters. The lowest BCUT2D eigenvalue weighted by atomic mass is 9.98. The summed E-state index contributed by atoms with van der Waals surface area (Å²) in [6, 6.07) is 3.71. The van der Waals surface area contributed by atoms with Crippen LogP contribution in [0.15, 0.2) is 24.5 Å². The summed E-state index contributed by atoms with van der Waals surface area (Å²) in [5.74, 6) is 6.43. The molecule has 6 nitrogen and oxygen atoms in total. The Labute approximate surface area is 118 Å². The predicted molar refractivity (Wildman–Crippen MR) is 76.1 cm³/mol. The molecule has 0 saturated heterocycles. The van der Waals surface area contributed by atoms with E-state index in [1.807, 2.05) is 26.0 Å². The summed E-state index contributed by atoms with van der Waals surface area (Å²) in [7, 11) is 1.61. The first-order valence-electron chi connectivity index (χ1n) is 6.47. The van der Waals surface area contributed by atoms with E-state index in [0.29, 0.717) is 5.75 Å². The zero-order chi connectivity index (χ0) is 14.5. The molecule has 0 radical (unpaired) electrons. The number of hydrazine groups is 1. The van der Waals surface area contributed by atoms with Crippen LogP contribution in [-0.4, -0.2) is 22.3 Å². The molecule has 0 amide bonds. The van der Waals surface area contributed by atoms with Crippen molar-refractivity contribution in [3.05, 3.63) is 47.0 Å². The molecule has 2 aromatic rings. The Morgan fingerprint density at radius 1 is 1.30 bits per heavy atom. The van der Waals surface area contributed by atoms with Crippen LogP contribution in [0.4, 0.5) is 0 Å². The predicted octanol–water partition coefficient (Wildman–Crippen LogP) is 1.30. The lowest BCUT2D eigenvalue weighted by Crippen LogP contribution is -2.30. The molecule has 20 heavy (non-hydrogen) atoms. The number of rotatable bonds is 5. The second-order valence-electron chi connectivity index (χ2n) is 4.50. The van der Waals surface area contributed by atoms with Crippen molar-refractivity contribution in [1.82, 2.24) is 20.6 Å². The second-order valence-corrected chi connectivity index (χ2v) is 4.50. The minimum Gasteiger partial charge on any atom is -0.495 e. The topological polar surface area (TPSA) is 86.0 Å². The molecule has 0 saturated carbocycles. The number of hydrogen-bond acceptors (Lipinski definition) is 6. The molecule has 2 aromatic heterocycles. The molecule has 0 aliphatic heterocycles. The third-order valence-electron chi connectivity index (χ3n) is 3.14. The van der Waals surface area contributed by atoms with Crippen molar-refractivity contribution in [2.45, 2.75) is 26.3 Å². The van der Waals surface area contributed by atoms with Crippen LogP contribution in [0.1, 0.15) is 35.5 Å². The van der Waals surface area contributed by atoms with E-state index >= 15 is 0 Å². The van der Waals surface area contributed by atoms with Gasteiger partial charge >= 0.3 is 0 Å². The van der Waals surface area contributed by atoms with Crippen molar-refractivity contribution in [1.29, 1.82) is 0 Å². The molecule has 6 heteroatoms. The number of nitrogens with two attached hydrogens (primary N) is 1. The average molecular weight is 273 g/mol. The van der Waals surface area contributed by atoms with Crippen molar-refractivity contribution < 1.29 is 4.74 Å². The molecule has 2 heterocycles. The molecule has 3 N–H and O–H groups in total. The van der Waals surface area contributed by atoms with Gasteiger partial charge in [0, 0.05) is 11.8 Å². The maximum absolute atomic E-state index is 5.74. The van der Waals surface area contributed by atoms with Gasteiger partial charge in [0.05, 0.1) is 30.7 Å². The highest BCUT2D eigenvalue weighted by Crippen LogP contribution is 2.25. The van der Waals surface area contributed by atoms with Crippen molar-refractivity contribution in [3.63, 3.8) is 0 Å². The van der Waals surface area contributed by atoms with E-state index in [9.17, 15) is 0 Å². The van der Waals surface area contributed by atoms with Gasteiger partial charge in [0.15, 0.2) is 0 Å². The summed E-state index contributed by atoms with van der Waals surface area (Å²) in [6.45, 7) is 3.95. The zero-order valence-corrected chi connectivity index (χ0v) is 11.9. The minimum atomic E-state index is -0.193. The van der Waals surface area contributed by atoms with Crippen LogP contribution in [-0.2, 0) is 6.42 Å². The van der Waals surface area contributed by atoms with Gasteiger partial charge in [0.2, 0.25) is 0 Å². The van der Waals surface area contributed by atoms with Crippen molar-refractivity contribution in [2.75, 3.05) is 7.11 Å². The van der Waals surface area contributed by atoms with Gasteiger partial charge in [-0.05, 0) is 31.0 Å². The normalized spacial score (nSPS) is 12.2. The smallest absolute Gasteiger partial charge is 0.137 e. The molecule has 0 aliphatic carbocycles. The van der Waals surface area contributed by atoms with Crippen LogP contribution in [0.2, 0.25) is 0 Å². The van der Waals surface area contributed by atoms with Crippen LogP contribution in [0, 0.1) is 6.92 Å². The summed E-state index contributed by atoms with van der Waals surface area (Å²) >= 11 is 0. The summed E-state index contributed by atoms with van der Waals surface area (Å²) in [5.41, 5.74) is 6.53. The lowest BCUT2D eigenvalue weighted by molar-refractivity contribution is 0.411. The van der Waals surface area contributed by atoms with Crippen LogP contribution >= 0.6 is 0 Å². The molecule has 0 aliphatic rings. The zero-order valence-electron chi connectivity index (χ0n) is 11.9. The molecule has 0 bridgehead atoms. The highest BCUT2D eigenvalue weighted by Gasteiger charge is 2.18. The molecule has 106 valence electrons. The standard InChI is InChI=1S/C14H19N5O/c1-4-13-12(5-9(2)18-19-13)14(17-15)10-6-11(20-3)8-16-7-10/h5-8,14,17H,4,15H2,1-3H3. The van der Waals surface area contributed by atoms with Gasteiger partial charge in [0.25, 0.3) is 0 Å². The first kappa shape index (κ1) is 14.4. The summed E-state index contributed by atoms with van der Waals surface area (Å²) in [6.07, 6.45) is 4.22. The number of ether oxygens (including phenoxy) is 1. The quantitative estimate of drug-likeness (QED) is 0.631. The van der Waals surface area contributed by atoms with E-state index in [1.165, 1.54) is 0 Å². The maximum Gasteiger partial charge on any atom is 0.137 e. The number of hydrogen-bond donors (Lipinski definition) is 2. The first-order valence-corrected chi connectivity index (χ1v) is 6.47. The highest BCUT2D eigenvalue weighted by molar-refractivity contribution is 5.36. The van der Waals surface area contributed by atoms with E-state index in [1.54, 1.807) is 19.5 Å².